The minimum Gasteiger partial charge on any atom is -0.481 e. The molecule has 1 aliphatic carbocycles. The molecule has 98 valence electrons. The van der Waals surface area contributed by atoms with Crippen molar-refractivity contribution in [2.45, 2.75) is 32.6 Å². The normalized spacial score (nSPS) is 23.6. The summed E-state index contributed by atoms with van der Waals surface area (Å²) in [6.07, 6.45) is 2.97. The van der Waals surface area contributed by atoms with Crippen LogP contribution in [0.2, 0.25) is 0 Å². The highest BCUT2D eigenvalue weighted by Crippen LogP contribution is 2.31. The number of aliphatic carboxylic acids is 1. The van der Waals surface area contributed by atoms with Crippen molar-refractivity contribution < 1.29 is 14.7 Å². The van der Waals surface area contributed by atoms with Crippen LogP contribution in [-0.2, 0) is 9.59 Å². The van der Waals surface area contributed by atoms with E-state index in [2.05, 4.69) is 14.7 Å². The number of carboxylic acid groups (broad SMARTS) is 1. The summed E-state index contributed by atoms with van der Waals surface area (Å²) in [5.41, 5.74) is 0. The average Bonchev–Trinajstić information content (AvgIpc) is 2.74. The zero-order valence-electron chi connectivity index (χ0n) is 10.0. The molecule has 7 heteroatoms. The molecule has 1 aromatic rings. The monoisotopic (exact) mass is 269 g/mol. The van der Waals surface area contributed by atoms with Crippen LogP contribution in [0.3, 0.4) is 0 Å². The Hall–Kier alpha value is -1.50. The fraction of sp³-hybridized carbons (Fsp3) is 0.636. The van der Waals surface area contributed by atoms with Gasteiger partial charge < -0.3 is 10.4 Å². The Morgan fingerprint density at radius 2 is 2.00 bits per heavy atom. The van der Waals surface area contributed by atoms with Crippen molar-refractivity contribution in [2.24, 2.45) is 11.8 Å². The number of carbonyl (C=O) groups excluding carboxylic acids is 1. The van der Waals surface area contributed by atoms with Crippen LogP contribution in [0.5, 0.6) is 0 Å². The molecule has 1 heterocycles. The maximum absolute atomic E-state index is 12.1. The number of anilines is 1. The first-order chi connectivity index (χ1) is 8.58. The summed E-state index contributed by atoms with van der Waals surface area (Å²) in [5.74, 6) is -1.57. The lowest BCUT2D eigenvalue weighted by Gasteiger charge is -2.26. The molecule has 1 aromatic heterocycles. The lowest BCUT2D eigenvalue weighted by molar-refractivity contribution is -0.147. The summed E-state index contributed by atoms with van der Waals surface area (Å²) >= 11 is 1.11. The van der Waals surface area contributed by atoms with E-state index in [4.69, 9.17) is 5.11 Å². The van der Waals surface area contributed by atoms with E-state index in [1.165, 1.54) is 0 Å². The summed E-state index contributed by atoms with van der Waals surface area (Å²) in [6.45, 7) is 1.74. The van der Waals surface area contributed by atoms with Crippen LogP contribution in [0.25, 0.3) is 0 Å². The minimum absolute atomic E-state index is 0.252. The van der Waals surface area contributed by atoms with Crippen molar-refractivity contribution in [3.63, 3.8) is 0 Å². The van der Waals surface area contributed by atoms with Crippen LogP contribution in [0, 0.1) is 18.8 Å². The molecule has 0 saturated heterocycles. The highest BCUT2D eigenvalue weighted by molar-refractivity contribution is 7.09. The maximum Gasteiger partial charge on any atom is 0.307 e. The van der Waals surface area contributed by atoms with Crippen LogP contribution in [0.15, 0.2) is 0 Å². The second kappa shape index (κ2) is 5.43. The van der Waals surface area contributed by atoms with Crippen molar-refractivity contribution in [3.8, 4) is 0 Å². The zero-order chi connectivity index (χ0) is 13.1. The smallest absolute Gasteiger partial charge is 0.307 e. The van der Waals surface area contributed by atoms with Gasteiger partial charge in [0.25, 0.3) is 0 Å². The third-order valence-electron chi connectivity index (χ3n) is 3.18. The molecule has 2 atom stereocenters. The molecular formula is C11H15N3O3S. The van der Waals surface area contributed by atoms with Gasteiger partial charge in [0.2, 0.25) is 11.0 Å². The predicted molar refractivity (Wildman–Crippen MR) is 66.4 cm³/mol. The van der Waals surface area contributed by atoms with E-state index < -0.39 is 17.8 Å². The van der Waals surface area contributed by atoms with Gasteiger partial charge in [0.05, 0.1) is 11.8 Å². The van der Waals surface area contributed by atoms with E-state index in [0.717, 1.165) is 24.4 Å². The summed E-state index contributed by atoms with van der Waals surface area (Å²) < 4.78 is 3.97. The van der Waals surface area contributed by atoms with Crippen molar-refractivity contribution in [1.82, 2.24) is 9.36 Å². The van der Waals surface area contributed by atoms with Gasteiger partial charge in [0.1, 0.15) is 5.82 Å². The second-order valence-electron chi connectivity index (χ2n) is 4.47. The number of nitrogens with zero attached hydrogens (tertiary/aromatic N) is 2. The molecule has 2 N–H and O–H groups in total. The first-order valence-corrected chi connectivity index (χ1v) is 6.69. The van der Waals surface area contributed by atoms with Crippen molar-refractivity contribution in [3.05, 3.63) is 5.82 Å². The second-order valence-corrected chi connectivity index (χ2v) is 5.22. The molecule has 0 aliphatic heterocycles. The summed E-state index contributed by atoms with van der Waals surface area (Å²) in [4.78, 5) is 27.2. The number of nitrogens with one attached hydrogen (secondary N) is 1. The Morgan fingerprint density at radius 1 is 1.33 bits per heavy atom. The Kier molecular flexibility index (Phi) is 3.90. The number of aryl methyl sites for hydroxylation is 1. The lowest BCUT2D eigenvalue weighted by Crippen LogP contribution is -2.36. The van der Waals surface area contributed by atoms with Crippen LogP contribution >= 0.6 is 11.5 Å². The van der Waals surface area contributed by atoms with Crippen LogP contribution < -0.4 is 5.32 Å². The highest BCUT2D eigenvalue weighted by atomic mass is 32.1. The van der Waals surface area contributed by atoms with Crippen molar-refractivity contribution in [1.29, 1.82) is 0 Å². The third-order valence-corrected chi connectivity index (χ3v) is 3.90. The Bertz CT molecular complexity index is 460. The van der Waals surface area contributed by atoms with Gasteiger partial charge in [-0.2, -0.15) is 4.37 Å². The topological polar surface area (TPSA) is 92.2 Å². The van der Waals surface area contributed by atoms with Crippen LogP contribution in [0.4, 0.5) is 5.13 Å². The van der Waals surface area contributed by atoms with Gasteiger partial charge >= 0.3 is 5.97 Å². The zero-order valence-corrected chi connectivity index (χ0v) is 10.9. The molecule has 6 nitrogen and oxygen atoms in total. The molecule has 1 saturated carbocycles. The predicted octanol–water partition coefficient (Wildman–Crippen LogP) is 1.68. The third kappa shape index (κ3) is 2.84. The van der Waals surface area contributed by atoms with Crippen molar-refractivity contribution >= 4 is 28.5 Å². The number of carbonyl (C=O) groups is 2. The molecule has 0 bridgehead atoms. The van der Waals surface area contributed by atoms with Crippen LogP contribution in [0.1, 0.15) is 31.5 Å². The standard InChI is InChI=1S/C11H15N3O3S/c1-6-12-11(18-14-6)13-9(15)7-4-2-3-5-8(7)10(16)17/h7-8H,2-5H2,1H3,(H,16,17)(H,12,13,14,15)/t7-,8+/m1/s1. The Balaban J connectivity index is 2.04. The van der Waals surface area contributed by atoms with E-state index in [-0.39, 0.29) is 5.91 Å². The molecule has 18 heavy (non-hydrogen) atoms. The molecule has 1 amide bonds. The molecular weight excluding hydrogens is 254 g/mol. The fourth-order valence-corrected chi connectivity index (χ4v) is 2.86. The summed E-state index contributed by atoms with van der Waals surface area (Å²) in [6, 6.07) is 0. The number of carboxylic acids is 1. The summed E-state index contributed by atoms with van der Waals surface area (Å²) in [5, 5.41) is 12.2. The van der Waals surface area contributed by atoms with Crippen LogP contribution in [-0.4, -0.2) is 26.3 Å². The highest BCUT2D eigenvalue weighted by Gasteiger charge is 2.35. The first-order valence-electron chi connectivity index (χ1n) is 5.92. The Labute approximate surface area is 109 Å². The van der Waals surface area contributed by atoms with E-state index in [1.54, 1.807) is 6.92 Å². The molecule has 0 aromatic carbocycles. The number of amides is 1. The van der Waals surface area contributed by atoms with E-state index in [1.807, 2.05) is 0 Å². The van der Waals surface area contributed by atoms with E-state index in [0.29, 0.717) is 23.8 Å². The van der Waals surface area contributed by atoms with Gasteiger partial charge in [-0.3, -0.25) is 9.59 Å². The fourth-order valence-electron chi connectivity index (χ4n) is 2.29. The molecule has 1 aliphatic rings. The lowest BCUT2D eigenvalue weighted by atomic mass is 9.79. The maximum atomic E-state index is 12.1. The van der Waals surface area contributed by atoms with Gasteiger partial charge in [-0.15, -0.1) is 0 Å². The minimum atomic E-state index is -0.886. The molecule has 0 spiro atoms. The largest absolute Gasteiger partial charge is 0.481 e. The molecule has 1 fully saturated rings. The van der Waals surface area contributed by atoms with E-state index in [9.17, 15) is 9.59 Å². The van der Waals surface area contributed by atoms with Gasteiger partial charge in [-0.05, 0) is 19.8 Å². The number of hydrogen-bond acceptors (Lipinski definition) is 5. The molecule has 0 unspecified atom stereocenters. The number of hydrogen-bond donors (Lipinski definition) is 2. The number of rotatable bonds is 3. The SMILES string of the molecule is Cc1nsc(NC(=O)[C@@H]2CCCC[C@@H]2C(=O)O)n1. The van der Waals surface area contributed by atoms with Gasteiger partial charge in [-0.25, -0.2) is 4.98 Å². The van der Waals surface area contributed by atoms with Gasteiger partial charge in [0.15, 0.2) is 0 Å². The first kappa shape index (κ1) is 12.9. The average molecular weight is 269 g/mol. The molecule has 0 radical (unpaired) electrons. The summed E-state index contributed by atoms with van der Waals surface area (Å²) in [7, 11) is 0. The van der Waals surface area contributed by atoms with Gasteiger partial charge in [0, 0.05) is 11.5 Å². The quantitative estimate of drug-likeness (QED) is 0.870. The van der Waals surface area contributed by atoms with E-state index >= 15 is 0 Å². The number of aromatic nitrogens is 2. The van der Waals surface area contributed by atoms with Crippen molar-refractivity contribution in [2.75, 3.05) is 5.32 Å². The van der Waals surface area contributed by atoms with Gasteiger partial charge in [-0.1, -0.05) is 12.8 Å². The Morgan fingerprint density at radius 3 is 2.56 bits per heavy atom. The molecule has 2 rings (SSSR count).